The van der Waals surface area contributed by atoms with E-state index in [1.807, 2.05) is 13.0 Å². The second kappa shape index (κ2) is 6.01. The van der Waals surface area contributed by atoms with Crippen LogP contribution in [0.25, 0.3) is 0 Å². The molecule has 2 aromatic carbocycles. The minimum Gasteiger partial charge on any atom is -0.488 e. The Morgan fingerprint density at radius 2 is 1.95 bits per heavy atom. The van der Waals surface area contributed by atoms with Gasteiger partial charge in [0.1, 0.15) is 12.4 Å². The zero-order chi connectivity index (χ0) is 14.7. The molecular weight excluding hydrogens is 262 g/mol. The Balaban J connectivity index is 2.22. The van der Waals surface area contributed by atoms with Crippen LogP contribution in [0.5, 0.6) is 5.75 Å². The van der Waals surface area contributed by atoms with Crippen LogP contribution in [0.1, 0.15) is 29.7 Å². The van der Waals surface area contributed by atoms with Crippen molar-refractivity contribution in [3.8, 4) is 5.75 Å². The first kappa shape index (κ1) is 14.5. The van der Waals surface area contributed by atoms with Crippen LogP contribution in [0.15, 0.2) is 36.4 Å². The summed E-state index contributed by atoms with van der Waals surface area (Å²) in [5.74, 6) is -1.33. The normalized spacial score (nSPS) is 12.2. The molecule has 2 nitrogen and oxygen atoms in total. The summed E-state index contributed by atoms with van der Waals surface area (Å²) >= 11 is 0. The first-order chi connectivity index (χ1) is 9.49. The monoisotopic (exact) mass is 278 g/mol. The van der Waals surface area contributed by atoms with Crippen molar-refractivity contribution in [2.75, 3.05) is 0 Å². The molecule has 0 spiro atoms. The summed E-state index contributed by atoms with van der Waals surface area (Å²) in [4.78, 5) is 0. The highest BCUT2D eigenvalue weighted by Crippen LogP contribution is 2.27. The standard InChI is InChI=1S/C16H16F2O2/c1-10-6-7-13(11(2)19)15(8-10)20-9-12-4-3-5-14(17)16(12)18/h3-8,11,19H,9H2,1-2H3/t11-/m1/s1. The van der Waals surface area contributed by atoms with Crippen LogP contribution in [0.4, 0.5) is 8.78 Å². The lowest BCUT2D eigenvalue weighted by atomic mass is 10.1. The van der Waals surface area contributed by atoms with Gasteiger partial charge in [-0.15, -0.1) is 0 Å². The highest BCUT2D eigenvalue weighted by molar-refractivity contribution is 5.38. The van der Waals surface area contributed by atoms with Crippen LogP contribution in [0.3, 0.4) is 0 Å². The van der Waals surface area contributed by atoms with E-state index in [0.29, 0.717) is 11.3 Å². The molecule has 0 unspecified atom stereocenters. The fourth-order valence-electron chi connectivity index (χ4n) is 1.93. The van der Waals surface area contributed by atoms with E-state index < -0.39 is 17.7 Å². The van der Waals surface area contributed by atoms with Crippen molar-refractivity contribution in [3.63, 3.8) is 0 Å². The van der Waals surface area contributed by atoms with Crippen LogP contribution < -0.4 is 4.74 Å². The molecule has 1 N–H and O–H groups in total. The molecule has 0 bridgehead atoms. The Morgan fingerprint density at radius 1 is 1.20 bits per heavy atom. The molecule has 0 aliphatic rings. The molecular formula is C16H16F2O2. The molecule has 0 radical (unpaired) electrons. The first-order valence-corrected chi connectivity index (χ1v) is 6.33. The number of aryl methyl sites for hydroxylation is 1. The third-order valence-corrected chi connectivity index (χ3v) is 3.03. The Bertz CT molecular complexity index is 609. The fourth-order valence-corrected chi connectivity index (χ4v) is 1.93. The average Bonchev–Trinajstić information content (AvgIpc) is 2.40. The van der Waals surface area contributed by atoms with Crippen LogP contribution >= 0.6 is 0 Å². The van der Waals surface area contributed by atoms with E-state index in [2.05, 4.69) is 0 Å². The van der Waals surface area contributed by atoms with Crippen molar-refractivity contribution in [2.24, 2.45) is 0 Å². The predicted octanol–water partition coefficient (Wildman–Crippen LogP) is 3.91. The Labute approximate surface area is 116 Å². The highest BCUT2D eigenvalue weighted by Gasteiger charge is 2.12. The molecule has 2 rings (SSSR count). The van der Waals surface area contributed by atoms with Crippen molar-refractivity contribution < 1.29 is 18.6 Å². The van der Waals surface area contributed by atoms with Gasteiger partial charge in [0, 0.05) is 11.1 Å². The Morgan fingerprint density at radius 3 is 2.65 bits per heavy atom. The van der Waals surface area contributed by atoms with Gasteiger partial charge in [0.25, 0.3) is 0 Å². The lowest BCUT2D eigenvalue weighted by Gasteiger charge is -2.14. The lowest BCUT2D eigenvalue weighted by molar-refractivity contribution is 0.189. The summed E-state index contributed by atoms with van der Waals surface area (Å²) in [6.45, 7) is 3.43. The van der Waals surface area contributed by atoms with Gasteiger partial charge in [-0.2, -0.15) is 0 Å². The number of aliphatic hydroxyl groups is 1. The average molecular weight is 278 g/mol. The molecule has 0 heterocycles. The third-order valence-electron chi connectivity index (χ3n) is 3.03. The summed E-state index contributed by atoms with van der Waals surface area (Å²) in [5.41, 5.74) is 1.72. The molecule has 0 amide bonds. The number of halogens is 2. The maximum Gasteiger partial charge on any atom is 0.165 e. The molecule has 0 saturated carbocycles. The van der Waals surface area contributed by atoms with E-state index in [-0.39, 0.29) is 12.2 Å². The van der Waals surface area contributed by atoms with E-state index in [4.69, 9.17) is 4.74 Å². The minimum atomic E-state index is -0.904. The van der Waals surface area contributed by atoms with E-state index in [9.17, 15) is 13.9 Å². The number of aliphatic hydroxyl groups excluding tert-OH is 1. The van der Waals surface area contributed by atoms with Gasteiger partial charge in [-0.1, -0.05) is 24.3 Å². The third kappa shape index (κ3) is 3.14. The van der Waals surface area contributed by atoms with Gasteiger partial charge in [0.05, 0.1) is 6.10 Å². The van der Waals surface area contributed by atoms with Crippen molar-refractivity contribution in [1.29, 1.82) is 0 Å². The molecule has 0 saturated heterocycles. The number of benzene rings is 2. The summed E-state index contributed by atoms with van der Waals surface area (Å²) in [6.07, 6.45) is -0.692. The summed E-state index contributed by atoms with van der Waals surface area (Å²) in [5, 5.41) is 9.68. The van der Waals surface area contributed by atoms with Gasteiger partial charge in [-0.25, -0.2) is 8.78 Å². The van der Waals surface area contributed by atoms with E-state index >= 15 is 0 Å². The van der Waals surface area contributed by atoms with Crippen molar-refractivity contribution in [3.05, 3.63) is 64.7 Å². The van der Waals surface area contributed by atoms with Gasteiger partial charge in [-0.05, 0) is 31.5 Å². The van der Waals surface area contributed by atoms with Gasteiger partial charge < -0.3 is 9.84 Å². The summed E-state index contributed by atoms with van der Waals surface area (Å²) in [7, 11) is 0. The molecule has 20 heavy (non-hydrogen) atoms. The first-order valence-electron chi connectivity index (χ1n) is 6.33. The molecule has 106 valence electrons. The largest absolute Gasteiger partial charge is 0.488 e. The van der Waals surface area contributed by atoms with Crippen LogP contribution in [-0.4, -0.2) is 5.11 Å². The maximum absolute atomic E-state index is 13.5. The second-order valence-electron chi connectivity index (χ2n) is 4.72. The van der Waals surface area contributed by atoms with E-state index in [0.717, 1.165) is 11.6 Å². The van der Waals surface area contributed by atoms with Crippen molar-refractivity contribution in [1.82, 2.24) is 0 Å². The van der Waals surface area contributed by atoms with Gasteiger partial charge >= 0.3 is 0 Å². The fraction of sp³-hybridized carbons (Fsp3) is 0.250. The second-order valence-corrected chi connectivity index (χ2v) is 4.72. The predicted molar refractivity (Wildman–Crippen MR) is 72.5 cm³/mol. The summed E-state index contributed by atoms with van der Waals surface area (Å²) < 4.78 is 32.2. The van der Waals surface area contributed by atoms with Crippen LogP contribution in [-0.2, 0) is 6.61 Å². The van der Waals surface area contributed by atoms with E-state index in [1.54, 1.807) is 19.1 Å². The molecule has 0 aliphatic carbocycles. The SMILES string of the molecule is Cc1ccc([C@@H](C)O)c(OCc2cccc(F)c2F)c1. The van der Waals surface area contributed by atoms with Crippen LogP contribution in [0.2, 0.25) is 0 Å². The minimum absolute atomic E-state index is 0.0905. The number of hydrogen-bond donors (Lipinski definition) is 1. The quantitative estimate of drug-likeness (QED) is 0.919. The zero-order valence-corrected chi connectivity index (χ0v) is 11.4. The molecule has 1 atom stereocenters. The number of rotatable bonds is 4. The smallest absolute Gasteiger partial charge is 0.165 e. The Kier molecular flexibility index (Phi) is 4.35. The van der Waals surface area contributed by atoms with Gasteiger partial charge in [-0.3, -0.25) is 0 Å². The lowest BCUT2D eigenvalue weighted by Crippen LogP contribution is -2.04. The molecule has 2 aromatic rings. The van der Waals surface area contributed by atoms with Gasteiger partial charge in [0.2, 0.25) is 0 Å². The maximum atomic E-state index is 13.5. The van der Waals surface area contributed by atoms with Crippen molar-refractivity contribution >= 4 is 0 Å². The number of ether oxygens (including phenoxy) is 1. The molecule has 4 heteroatoms. The number of hydrogen-bond acceptors (Lipinski definition) is 2. The van der Waals surface area contributed by atoms with Crippen molar-refractivity contribution in [2.45, 2.75) is 26.6 Å². The molecule has 0 aromatic heterocycles. The zero-order valence-electron chi connectivity index (χ0n) is 11.4. The van der Waals surface area contributed by atoms with E-state index in [1.165, 1.54) is 12.1 Å². The summed E-state index contributed by atoms with van der Waals surface area (Å²) in [6, 6.07) is 9.35. The Hall–Kier alpha value is -1.94. The van der Waals surface area contributed by atoms with Crippen LogP contribution in [0, 0.1) is 18.6 Å². The highest BCUT2D eigenvalue weighted by atomic mass is 19.2. The molecule has 0 fully saturated rings. The topological polar surface area (TPSA) is 29.5 Å². The molecule has 0 aliphatic heterocycles. The van der Waals surface area contributed by atoms with Gasteiger partial charge in [0.15, 0.2) is 11.6 Å².